The SMILES string of the molecule is O=C(CSc1nc2c(n1-c1ccccc1)CCCC2)N1CCc2[nH]c3ccccc3c2C1. The van der Waals surface area contributed by atoms with E-state index in [9.17, 15) is 4.79 Å². The molecule has 0 radical (unpaired) electrons. The molecule has 6 heteroatoms. The quantitative estimate of drug-likeness (QED) is 0.457. The van der Waals surface area contributed by atoms with Crippen LogP contribution in [0.2, 0.25) is 0 Å². The van der Waals surface area contributed by atoms with Crippen LogP contribution in [-0.2, 0) is 30.6 Å². The van der Waals surface area contributed by atoms with E-state index in [0.29, 0.717) is 12.3 Å². The fourth-order valence-electron chi connectivity index (χ4n) is 5.05. The Labute approximate surface area is 191 Å². The minimum Gasteiger partial charge on any atom is -0.358 e. The molecule has 162 valence electrons. The Morgan fingerprint density at radius 2 is 1.81 bits per heavy atom. The van der Waals surface area contributed by atoms with Crippen LogP contribution in [0.1, 0.15) is 35.5 Å². The smallest absolute Gasteiger partial charge is 0.233 e. The maximum Gasteiger partial charge on any atom is 0.233 e. The summed E-state index contributed by atoms with van der Waals surface area (Å²) in [7, 11) is 0. The number of carbonyl (C=O) groups is 1. The molecule has 1 aliphatic heterocycles. The molecule has 2 aliphatic rings. The van der Waals surface area contributed by atoms with Gasteiger partial charge in [-0.3, -0.25) is 9.36 Å². The van der Waals surface area contributed by atoms with Crippen molar-refractivity contribution in [3.8, 4) is 5.69 Å². The van der Waals surface area contributed by atoms with Gasteiger partial charge in [-0.2, -0.15) is 0 Å². The van der Waals surface area contributed by atoms with Crippen molar-refractivity contribution >= 4 is 28.6 Å². The Hall–Kier alpha value is -2.99. The molecule has 0 saturated heterocycles. The van der Waals surface area contributed by atoms with Crippen LogP contribution >= 0.6 is 11.8 Å². The number of amides is 1. The summed E-state index contributed by atoms with van der Waals surface area (Å²) in [5.41, 5.74) is 7.37. The van der Waals surface area contributed by atoms with Crippen molar-refractivity contribution in [1.29, 1.82) is 0 Å². The standard InChI is InChI=1S/C26H26N4OS/c31-25(29-15-14-22-20(16-29)19-10-4-5-11-21(19)27-22)17-32-26-28-23-12-6-7-13-24(23)30(26)18-8-2-1-3-9-18/h1-5,8-11,27H,6-7,12-17H2. The molecule has 5 nitrogen and oxygen atoms in total. The first-order valence-corrected chi connectivity index (χ1v) is 12.4. The predicted molar refractivity (Wildman–Crippen MR) is 128 cm³/mol. The highest BCUT2D eigenvalue weighted by Crippen LogP contribution is 2.32. The Kier molecular flexibility index (Phi) is 5.02. The summed E-state index contributed by atoms with van der Waals surface area (Å²) in [6.45, 7) is 1.45. The van der Waals surface area contributed by atoms with Gasteiger partial charge in [-0.1, -0.05) is 48.2 Å². The summed E-state index contributed by atoms with van der Waals surface area (Å²) in [5, 5.41) is 2.18. The van der Waals surface area contributed by atoms with Gasteiger partial charge in [-0.05, 0) is 43.9 Å². The van der Waals surface area contributed by atoms with E-state index in [1.54, 1.807) is 11.8 Å². The number of para-hydroxylation sites is 2. The van der Waals surface area contributed by atoms with Gasteiger partial charge in [-0.15, -0.1) is 0 Å². The molecule has 0 fully saturated rings. The van der Waals surface area contributed by atoms with E-state index in [1.165, 1.54) is 40.9 Å². The van der Waals surface area contributed by atoms with Gasteiger partial charge in [0.2, 0.25) is 5.91 Å². The highest BCUT2D eigenvalue weighted by Gasteiger charge is 2.26. The summed E-state index contributed by atoms with van der Waals surface area (Å²) < 4.78 is 2.28. The zero-order valence-corrected chi connectivity index (χ0v) is 18.8. The lowest BCUT2D eigenvalue weighted by Crippen LogP contribution is -2.36. The summed E-state index contributed by atoms with van der Waals surface area (Å²) in [4.78, 5) is 23.7. The van der Waals surface area contributed by atoms with Gasteiger partial charge < -0.3 is 9.88 Å². The summed E-state index contributed by atoms with van der Waals surface area (Å²) in [6, 6.07) is 18.8. The Balaban J connectivity index is 1.23. The van der Waals surface area contributed by atoms with Crippen molar-refractivity contribution < 1.29 is 4.79 Å². The predicted octanol–water partition coefficient (Wildman–Crippen LogP) is 4.91. The number of thioether (sulfide) groups is 1. The second-order valence-corrected chi connectivity index (χ2v) is 9.59. The molecule has 4 aromatic rings. The number of hydrogen-bond acceptors (Lipinski definition) is 3. The maximum absolute atomic E-state index is 13.2. The Morgan fingerprint density at radius 3 is 2.72 bits per heavy atom. The second-order valence-electron chi connectivity index (χ2n) is 8.65. The van der Waals surface area contributed by atoms with Crippen LogP contribution in [0.5, 0.6) is 0 Å². The molecule has 2 aromatic carbocycles. The lowest BCUT2D eigenvalue weighted by atomic mass is 10.0. The third kappa shape index (κ3) is 3.43. The van der Waals surface area contributed by atoms with E-state index in [-0.39, 0.29) is 5.91 Å². The molecule has 2 aromatic heterocycles. The van der Waals surface area contributed by atoms with E-state index in [4.69, 9.17) is 4.98 Å². The van der Waals surface area contributed by atoms with Crippen LogP contribution in [0.15, 0.2) is 59.8 Å². The third-order valence-electron chi connectivity index (χ3n) is 6.68. The van der Waals surface area contributed by atoms with Crippen LogP contribution in [0.25, 0.3) is 16.6 Å². The monoisotopic (exact) mass is 442 g/mol. The first kappa shape index (κ1) is 19.7. The van der Waals surface area contributed by atoms with Gasteiger partial charge in [-0.25, -0.2) is 4.98 Å². The Bertz CT molecular complexity index is 1290. The van der Waals surface area contributed by atoms with Gasteiger partial charge in [0, 0.05) is 53.1 Å². The molecule has 32 heavy (non-hydrogen) atoms. The van der Waals surface area contributed by atoms with Crippen molar-refractivity contribution in [2.45, 2.75) is 43.8 Å². The molecule has 3 heterocycles. The number of nitrogens with one attached hydrogen (secondary N) is 1. The number of aromatic amines is 1. The maximum atomic E-state index is 13.2. The number of nitrogens with zero attached hydrogens (tertiary/aromatic N) is 3. The van der Waals surface area contributed by atoms with Gasteiger partial charge >= 0.3 is 0 Å². The van der Waals surface area contributed by atoms with E-state index in [1.807, 2.05) is 11.0 Å². The van der Waals surface area contributed by atoms with E-state index in [2.05, 4.69) is 58.1 Å². The van der Waals surface area contributed by atoms with Gasteiger partial charge in [0.15, 0.2) is 5.16 Å². The lowest BCUT2D eigenvalue weighted by Gasteiger charge is -2.27. The molecule has 0 spiro atoms. The molecule has 1 N–H and O–H groups in total. The first-order valence-electron chi connectivity index (χ1n) is 11.4. The van der Waals surface area contributed by atoms with Gasteiger partial charge in [0.25, 0.3) is 0 Å². The normalized spacial score (nSPS) is 15.6. The number of hydrogen-bond donors (Lipinski definition) is 1. The highest BCUT2D eigenvalue weighted by molar-refractivity contribution is 7.99. The van der Waals surface area contributed by atoms with Crippen LogP contribution in [0.3, 0.4) is 0 Å². The molecule has 0 saturated carbocycles. The van der Waals surface area contributed by atoms with Crippen molar-refractivity contribution in [2.24, 2.45) is 0 Å². The number of imidazole rings is 1. The fraction of sp³-hybridized carbons (Fsp3) is 0.308. The topological polar surface area (TPSA) is 53.9 Å². The third-order valence-corrected chi connectivity index (χ3v) is 7.60. The van der Waals surface area contributed by atoms with Crippen molar-refractivity contribution in [3.63, 3.8) is 0 Å². The number of rotatable bonds is 4. The summed E-state index contributed by atoms with van der Waals surface area (Å²) >= 11 is 1.58. The number of H-pyrrole nitrogens is 1. The zero-order chi connectivity index (χ0) is 21.5. The minimum absolute atomic E-state index is 0.187. The first-order chi connectivity index (χ1) is 15.8. The van der Waals surface area contributed by atoms with Crippen molar-refractivity contribution in [1.82, 2.24) is 19.4 Å². The molecule has 0 bridgehead atoms. The molecule has 0 unspecified atom stereocenters. The zero-order valence-electron chi connectivity index (χ0n) is 18.0. The molecule has 1 amide bonds. The fourth-order valence-corrected chi connectivity index (χ4v) is 6.01. The van der Waals surface area contributed by atoms with Crippen LogP contribution in [-0.4, -0.2) is 37.6 Å². The number of carbonyl (C=O) groups excluding carboxylic acids is 1. The largest absolute Gasteiger partial charge is 0.358 e. The summed E-state index contributed by atoms with van der Waals surface area (Å²) in [5.74, 6) is 0.604. The Morgan fingerprint density at radius 1 is 1.00 bits per heavy atom. The van der Waals surface area contributed by atoms with E-state index in [0.717, 1.165) is 42.2 Å². The van der Waals surface area contributed by atoms with E-state index >= 15 is 0 Å². The summed E-state index contributed by atoms with van der Waals surface area (Å²) in [6.07, 6.45) is 5.37. The van der Waals surface area contributed by atoms with Crippen molar-refractivity contribution in [2.75, 3.05) is 12.3 Å². The van der Waals surface area contributed by atoms with E-state index < -0.39 is 0 Å². The highest BCUT2D eigenvalue weighted by atomic mass is 32.2. The van der Waals surface area contributed by atoms with Crippen LogP contribution < -0.4 is 0 Å². The molecular formula is C26H26N4OS. The lowest BCUT2D eigenvalue weighted by molar-refractivity contribution is -0.129. The average Bonchev–Trinajstić information content (AvgIpc) is 3.40. The molecule has 0 atom stereocenters. The van der Waals surface area contributed by atoms with Crippen molar-refractivity contribution in [3.05, 3.63) is 77.2 Å². The molecular weight excluding hydrogens is 416 g/mol. The van der Waals surface area contributed by atoms with Gasteiger partial charge in [0.1, 0.15) is 0 Å². The second kappa shape index (κ2) is 8.17. The number of benzene rings is 2. The number of aromatic nitrogens is 3. The van der Waals surface area contributed by atoms with Crippen LogP contribution in [0, 0.1) is 0 Å². The average molecular weight is 443 g/mol. The van der Waals surface area contributed by atoms with Gasteiger partial charge in [0.05, 0.1) is 11.4 Å². The molecule has 1 aliphatic carbocycles. The van der Waals surface area contributed by atoms with Crippen LogP contribution in [0.4, 0.5) is 0 Å². The number of aryl methyl sites for hydroxylation is 1. The number of fused-ring (bicyclic) bond motifs is 4. The molecule has 6 rings (SSSR count). The minimum atomic E-state index is 0.187.